The van der Waals surface area contributed by atoms with Crippen LogP contribution in [-0.2, 0) is 13.5 Å². The van der Waals surface area contributed by atoms with Crippen molar-refractivity contribution < 1.29 is 8.78 Å². The largest absolute Gasteiger partial charge is 0.374 e. The fourth-order valence-electron chi connectivity index (χ4n) is 2.79. The van der Waals surface area contributed by atoms with E-state index in [4.69, 9.17) is 0 Å². The van der Waals surface area contributed by atoms with E-state index in [1.807, 2.05) is 45.8 Å². The van der Waals surface area contributed by atoms with Gasteiger partial charge in [0.05, 0.1) is 6.20 Å². The number of aryl methyl sites for hydroxylation is 1. The van der Waals surface area contributed by atoms with Crippen molar-refractivity contribution in [3.05, 3.63) is 35.2 Å². The summed E-state index contributed by atoms with van der Waals surface area (Å²) in [6, 6.07) is 3.54. The summed E-state index contributed by atoms with van der Waals surface area (Å²) in [6.45, 7) is 6.78. The number of rotatable bonds is 2. The van der Waals surface area contributed by atoms with Crippen LogP contribution < -0.4 is 4.90 Å². The molecule has 1 aromatic carbocycles. The molecule has 120 valence electrons. The molecule has 5 heteroatoms. The van der Waals surface area contributed by atoms with Gasteiger partial charge >= 0.3 is 0 Å². The van der Waals surface area contributed by atoms with Crippen LogP contribution in [0.15, 0.2) is 18.3 Å². The Labute approximate surface area is 130 Å². The lowest BCUT2D eigenvalue weighted by Crippen LogP contribution is -2.12. The third-order valence-electron chi connectivity index (χ3n) is 4.14. The quantitative estimate of drug-likeness (QED) is 0.822. The van der Waals surface area contributed by atoms with Gasteiger partial charge in [-0.1, -0.05) is 13.8 Å². The minimum Gasteiger partial charge on any atom is -0.374 e. The van der Waals surface area contributed by atoms with E-state index in [-0.39, 0.29) is 5.56 Å². The van der Waals surface area contributed by atoms with Crippen molar-refractivity contribution in [1.82, 2.24) is 9.78 Å². The van der Waals surface area contributed by atoms with Crippen molar-refractivity contribution in [2.24, 2.45) is 7.05 Å². The zero-order valence-corrected chi connectivity index (χ0v) is 13.8. The van der Waals surface area contributed by atoms with Crippen LogP contribution >= 0.6 is 0 Å². The molecule has 3 nitrogen and oxygen atoms in total. The van der Waals surface area contributed by atoms with E-state index in [2.05, 4.69) is 5.10 Å². The lowest BCUT2D eigenvalue weighted by molar-refractivity contribution is 0.152. The average Bonchev–Trinajstić information content (AvgIpc) is 3.04. The highest BCUT2D eigenvalue weighted by Crippen LogP contribution is 2.39. The number of benzene rings is 1. The number of nitrogens with zero attached hydrogens (tertiary/aromatic N) is 3. The Hall–Kier alpha value is -1.91. The normalized spacial score (nSPS) is 13.2. The summed E-state index contributed by atoms with van der Waals surface area (Å²) in [4.78, 5) is 2.03. The summed E-state index contributed by atoms with van der Waals surface area (Å²) in [5, 5.41) is 4.16. The van der Waals surface area contributed by atoms with Gasteiger partial charge in [-0.3, -0.25) is 4.68 Å². The number of fused-ring (bicyclic) bond motifs is 1. The number of halogens is 2. The second-order valence-corrected chi connectivity index (χ2v) is 5.31. The molecule has 1 aliphatic rings. The van der Waals surface area contributed by atoms with Crippen molar-refractivity contribution in [3.63, 3.8) is 0 Å². The smallest absolute Gasteiger partial charge is 0.264 e. The first kappa shape index (κ1) is 16.5. The lowest BCUT2D eigenvalue weighted by atomic mass is 9.96. The zero-order valence-electron chi connectivity index (χ0n) is 13.8. The van der Waals surface area contributed by atoms with Gasteiger partial charge in [-0.15, -0.1) is 0 Å². The molecule has 2 aromatic rings. The second kappa shape index (κ2) is 6.46. The van der Waals surface area contributed by atoms with Crippen LogP contribution in [0.1, 0.15) is 37.1 Å². The van der Waals surface area contributed by atoms with Crippen molar-refractivity contribution in [2.75, 3.05) is 18.5 Å². The van der Waals surface area contributed by atoms with Crippen LogP contribution in [0.2, 0.25) is 0 Å². The molecule has 0 N–H and O–H groups in total. The monoisotopic (exact) mass is 307 g/mol. The van der Waals surface area contributed by atoms with Crippen molar-refractivity contribution in [3.8, 4) is 11.1 Å². The van der Waals surface area contributed by atoms with E-state index in [0.29, 0.717) is 5.56 Å². The number of hydrogen-bond donors (Lipinski definition) is 0. The summed E-state index contributed by atoms with van der Waals surface area (Å²) >= 11 is 0. The van der Waals surface area contributed by atoms with Gasteiger partial charge in [0.15, 0.2) is 0 Å². The summed E-state index contributed by atoms with van der Waals surface area (Å²) in [7, 11) is 3.76. The Morgan fingerprint density at radius 3 is 2.36 bits per heavy atom. The molecule has 0 radical (unpaired) electrons. The van der Waals surface area contributed by atoms with Crippen molar-refractivity contribution >= 4 is 5.69 Å². The van der Waals surface area contributed by atoms with Crippen LogP contribution in [-0.4, -0.2) is 23.4 Å². The maximum Gasteiger partial charge on any atom is 0.264 e. The van der Waals surface area contributed by atoms with Gasteiger partial charge < -0.3 is 4.90 Å². The van der Waals surface area contributed by atoms with Gasteiger partial charge in [-0.05, 0) is 36.6 Å². The van der Waals surface area contributed by atoms with Crippen LogP contribution in [0.3, 0.4) is 0 Å². The van der Waals surface area contributed by atoms with Gasteiger partial charge in [0.2, 0.25) is 0 Å². The first-order valence-electron chi connectivity index (χ1n) is 7.64. The van der Waals surface area contributed by atoms with E-state index >= 15 is 0 Å². The fraction of sp³-hybridized carbons (Fsp3) is 0.471. The number of anilines is 1. The fourth-order valence-corrected chi connectivity index (χ4v) is 2.79. The highest BCUT2D eigenvalue weighted by Gasteiger charge is 2.24. The second-order valence-electron chi connectivity index (χ2n) is 5.31. The van der Waals surface area contributed by atoms with E-state index < -0.39 is 6.43 Å². The standard InChI is InChI=1S/C15H17F2N3.C2H6/c1-9-13(8-18-20(9)3)11-6-10-4-5-19(2)14(10)7-12(11)15(16)17;1-2/h6-8,15H,4-5H2,1-3H3;1-2H3. The predicted molar refractivity (Wildman–Crippen MR) is 86.7 cm³/mol. The topological polar surface area (TPSA) is 21.1 Å². The third-order valence-corrected chi connectivity index (χ3v) is 4.14. The Morgan fingerprint density at radius 1 is 1.14 bits per heavy atom. The first-order valence-corrected chi connectivity index (χ1v) is 7.64. The molecule has 0 fully saturated rings. The molecule has 0 spiro atoms. The molecule has 0 amide bonds. The molecule has 2 heterocycles. The van der Waals surface area contributed by atoms with Gasteiger partial charge in [0, 0.05) is 43.1 Å². The van der Waals surface area contributed by atoms with Gasteiger partial charge in [0.1, 0.15) is 0 Å². The van der Waals surface area contributed by atoms with Crippen LogP contribution in [0.4, 0.5) is 14.5 Å². The number of likely N-dealkylation sites (N-methyl/N-ethyl adjacent to an activating group) is 1. The first-order chi connectivity index (χ1) is 10.5. The summed E-state index contributed by atoms with van der Waals surface area (Å²) < 4.78 is 28.5. The number of aromatic nitrogens is 2. The third kappa shape index (κ3) is 2.72. The molecular weight excluding hydrogens is 284 g/mol. The Balaban J connectivity index is 0.000000847. The molecule has 1 aliphatic heterocycles. The Morgan fingerprint density at radius 2 is 1.82 bits per heavy atom. The van der Waals surface area contributed by atoms with Crippen molar-refractivity contribution in [2.45, 2.75) is 33.6 Å². The Bertz CT molecular complexity index is 662. The number of hydrogen-bond acceptors (Lipinski definition) is 2. The van der Waals surface area contributed by atoms with Crippen LogP contribution in [0.25, 0.3) is 11.1 Å². The summed E-state index contributed by atoms with van der Waals surface area (Å²) in [6.07, 6.45) is 0.0902. The molecule has 0 aliphatic carbocycles. The van der Waals surface area contributed by atoms with Crippen LogP contribution in [0.5, 0.6) is 0 Å². The number of alkyl halides is 2. The summed E-state index contributed by atoms with van der Waals surface area (Å²) in [5.74, 6) is 0. The zero-order chi connectivity index (χ0) is 16.4. The van der Waals surface area contributed by atoms with Crippen molar-refractivity contribution in [1.29, 1.82) is 0 Å². The van der Waals surface area contributed by atoms with E-state index in [0.717, 1.165) is 35.5 Å². The average molecular weight is 307 g/mol. The molecule has 1 aromatic heterocycles. The minimum absolute atomic E-state index is 0.0913. The molecule has 0 bridgehead atoms. The minimum atomic E-state index is -2.48. The molecule has 0 atom stereocenters. The summed E-state index contributed by atoms with van der Waals surface area (Å²) in [5.41, 5.74) is 4.45. The van der Waals surface area contributed by atoms with Gasteiger partial charge in [-0.25, -0.2) is 8.78 Å². The molecule has 0 saturated heterocycles. The molecule has 3 rings (SSSR count). The maximum atomic E-state index is 13.4. The SMILES string of the molecule is CC.Cc1c(-c2cc3c(cc2C(F)F)N(C)CC3)cnn1C. The van der Waals surface area contributed by atoms with E-state index in [9.17, 15) is 8.78 Å². The highest BCUT2D eigenvalue weighted by atomic mass is 19.3. The van der Waals surface area contributed by atoms with Crippen LogP contribution in [0, 0.1) is 6.92 Å². The van der Waals surface area contributed by atoms with Gasteiger partial charge in [-0.2, -0.15) is 5.10 Å². The molecule has 0 unspecified atom stereocenters. The molecule has 0 saturated carbocycles. The van der Waals surface area contributed by atoms with E-state index in [1.165, 1.54) is 0 Å². The predicted octanol–water partition coefficient (Wildman–Crippen LogP) is 4.35. The van der Waals surface area contributed by atoms with Gasteiger partial charge in [0.25, 0.3) is 6.43 Å². The molecule has 22 heavy (non-hydrogen) atoms. The lowest BCUT2D eigenvalue weighted by Gasteiger charge is -2.16. The van der Waals surface area contributed by atoms with E-state index in [1.54, 1.807) is 16.9 Å². The maximum absolute atomic E-state index is 13.4. The Kier molecular flexibility index (Phi) is 4.84. The molecular formula is C17H23F2N3. The highest BCUT2D eigenvalue weighted by molar-refractivity contribution is 5.75.